The van der Waals surface area contributed by atoms with E-state index < -0.39 is 17.6 Å². The highest BCUT2D eigenvalue weighted by molar-refractivity contribution is 5.84. The summed E-state index contributed by atoms with van der Waals surface area (Å²) in [5, 5.41) is 12.2. The lowest BCUT2D eigenvalue weighted by atomic mass is 10.1. The number of nitrogens with two attached hydrogens (primary N) is 1. The molecule has 156 valence electrons. The first-order valence-corrected chi connectivity index (χ1v) is 8.86. The van der Waals surface area contributed by atoms with Gasteiger partial charge in [-0.1, -0.05) is 0 Å². The van der Waals surface area contributed by atoms with Crippen molar-refractivity contribution in [3.8, 4) is 23.1 Å². The zero-order chi connectivity index (χ0) is 21.9. The van der Waals surface area contributed by atoms with Crippen LogP contribution in [0.1, 0.15) is 24.0 Å². The van der Waals surface area contributed by atoms with Crippen LogP contribution in [0.5, 0.6) is 5.75 Å². The Labute approximate surface area is 168 Å². The van der Waals surface area contributed by atoms with E-state index in [1.807, 2.05) is 6.07 Å². The average Bonchev–Trinajstić information content (AvgIpc) is 3.09. The van der Waals surface area contributed by atoms with E-state index in [9.17, 15) is 23.2 Å². The molecule has 0 fully saturated rings. The van der Waals surface area contributed by atoms with E-state index in [1.165, 1.54) is 18.2 Å². The summed E-state index contributed by atoms with van der Waals surface area (Å²) in [6, 6.07) is 7.03. The molecule has 0 unspecified atom stereocenters. The number of aromatic amines is 1. The zero-order valence-electron chi connectivity index (χ0n) is 15.8. The molecule has 0 radical (unpaired) electrons. The number of benzene rings is 1. The number of halogens is 3. The maximum absolute atomic E-state index is 13.4. The fourth-order valence-corrected chi connectivity index (χ4v) is 2.87. The molecule has 0 bridgehead atoms. The second kappa shape index (κ2) is 8.38. The molecule has 0 aliphatic carbocycles. The summed E-state index contributed by atoms with van der Waals surface area (Å²) in [7, 11) is 0. The molecular formula is C19H17F3N6O2. The van der Waals surface area contributed by atoms with Gasteiger partial charge < -0.3 is 20.8 Å². The van der Waals surface area contributed by atoms with Crippen molar-refractivity contribution in [1.29, 1.82) is 5.26 Å². The molecule has 30 heavy (non-hydrogen) atoms. The average molecular weight is 418 g/mol. The van der Waals surface area contributed by atoms with Gasteiger partial charge in [-0.15, -0.1) is 0 Å². The Bertz CT molecular complexity index is 1130. The molecule has 8 nitrogen and oxygen atoms in total. The molecule has 4 N–H and O–H groups in total. The van der Waals surface area contributed by atoms with Gasteiger partial charge in [-0.25, -0.2) is 9.97 Å². The van der Waals surface area contributed by atoms with Gasteiger partial charge in [0, 0.05) is 5.56 Å². The molecule has 3 aromatic rings. The fraction of sp³-hybridized carbons (Fsp3) is 0.263. The van der Waals surface area contributed by atoms with E-state index in [4.69, 9.17) is 10.5 Å². The van der Waals surface area contributed by atoms with Crippen LogP contribution in [-0.2, 0) is 17.5 Å². The molecule has 1 amide bonds. The lowest BCUT2D eigenvalue weighted by molar-refractivity contribution is -0.138. The predicted molar refractivity (Wildman–Crippen MR) is 101 cm³/mol. The number of alkyl halides is 3. The van der Waals surface area contributed by atoms with Crippen molar-refractivity contribution in [3.05, 3.63) is 41.3 Å². The molecule has 0 saturated heterocycles. The number of pyridine rings is 1. The number of hydrogen-bond donors (Lipinski definition) is 3. The maximum Gasteiger partial charge on any atom is 0.419 e. The Hall–Kier alpha value is -3.65. The maximum atomic E-state index is 13.4. The van der Waals surface area contributed by atoms with Crippen LogP contribution in [0.4, 0.5) is 13.2 Å². The summed E-state index contributed by atoms with van der Waals surface area (Å²) in [6.07, 6.45) is -4.62. The van der Waals surface area contributed by atoms with Gasteiger partial charge in [-0.3, -0.25) is 4.79 Å². The number of carbonyl (C=O) groups excluding carboxylic acids is 1. The number of rotatable bonds is 7. The fourth-order valence-electron chi connectivity index (χ4n) is 2.87. The highest BCUT2D eigenvalue weighted by Gasteiger charge is 2.35. The van der Waals surface area contributed by atoms with Gasteiger partial charge in [0.2, 0.25) is 5.91 Å². The van der Waals surface area contributed by atoms with Gasteiger partial charge in [0.05, 0.1) is 36.5 Å². The van der Waals surface area contributed by atoms with Crippen LogP contribution in [0.3, 0.4) is 0 Å². The number of imidazole rings is 1. The largest absolute Gasteiger partial charge is 0.493 e. The van der Waals surface area contributed by atoms with Crippen molar-refractivity contribution < 1.29 is 22.7 Å². The Morgan fingerprint density at radius 3 is 2.73 bits per heavy atom. The van der Waals surface area contributed by atoms with E-state index in [2.05, 4.69) is 20.3 Å². The van der Waals surface area contributed by atoms with Crippen molar-refractivity contribution in [3.63, 3.8) is 0 Å². The number of aromatic nitrogens is 3. The summed E-state index contributed by atoms with van der Waals surface area (Å²) in [4.78, 5) is 22.2. The number of nitrogens with zero attached hydrogens (tertiary/aromatic N) is 3. The summed E-state index contributed by atoms with van der Waals surface area (Å²) >= 11 is 0. The van der Waals surface area contributed by atoms with Crippen LogP contribution in [0.25, 0.3) is 22.3 Å². The van der Waals surface area contributed by atoms with Gasteiger partial charge >= 0.3 is 6.18 Å². The smallest absolute Gasteiger partial charge is 0.419 e. The van der Waals surface area contributed by atoms with E-state index in [1.54, 1.807) is 6.92 Å². The van der Waals surface area contributed by atoms with Crippen LogP contribution in [0.15, 0.2) is 24.3 Å². The Balaban J connectivity index is 2.04. The third-order valence-corrected chi connectivity index (χ3v) is 4.10. The number of fused-ring (bicyclic) bond motifs is 1. The molecule has 11 heteroatoms. The standard InChI is InChI=1S/C19H17F3N6O2/c1-2-30-15-4-3-10(5-11(15)19(20,21)22)12-6-13-18(14(7-23)26-12)28-17(27-13)9-25-8-16(24)29/h3-6,25H,2,8-9H2,1H3,(H2,24,29)(H,27,28). The van der Waals surface area contributed by atoms with Crippen molar-refractivity contribution in [2.45, 2.75) is 19.6 Å². The molecule has 3 rings (SSSR count). The minimum Gasteiger partial charge on any atom is -0.493 e. The molecule has 1 aromatic carbocycles. The Morgan fingerprint density at radius 1 is 1.33 bits per heavy atom. The number of H-pyrrole nitrogens is 1. The number of ether oxygens (including phenoxy) is 1. The van der Waals surface area contributed by atoms with Crippen molar-refractivity contribution in [1.82, 2.24) is 20.3 Å². The van der Waals surface area contributed by atoms with Gasteiger partial charge in [0.25, 0.3) is 0 Å². The van der Waals surface area contributed by atoms with Crippen LogP contribution < -0.4 is 15.8 Å². The third-order valence-electron chi connectivity index (χ3n) is 4.10. The molecule has 0 aliphatic heterocycles. The van der Waals surface area contributed by atoms with Crippen LogP contribution in [-0.4, -0.2) is 34.0 Å². The third kappa shape index (κ3) is 4.49. The number of amides is 1. The molecule has 2 aromatic heterocycles. The second-order valence-electron chi connectivity index (χ2n) is 6.26. The first-order chi connectivity index (χ1) is 14.2. The molecule has 2 heterocycles. The van der Waals surface area contributed by atoms with E-state index in [-0.39, 0.29) is 47.9 Å². The normalized spacial score (nSPS) is 11.4. The van der Waals surface area contributed by atoms with Gasteiger partial charge in [0.1, 0.15) is 23.2 Å². The topological polar surface area (TPSA) is 130 Å². The monoisotopic (exact) mass is 418 g/mol. The number of carbonyl (C=O) groups is 1. The van der Waals surface area contributed by atoms with Crippen molar-refractivity contribution in [2.75, 3.05) is 13.2 Å². The SMILES string of the molecule is CCOc1ccc(-c2cc3[nH]c(CNCC(N)=O)nc3c(C#N)n2)cc1C(F)(F)F. The van der Waals surface area contributed by atoms with E-state index in [0.717, 1.165) is 6.07 Å². The molecule has 0 aliphatic rings. The number of hydrogen-bond acceptors (Lipinski definition) is 6. The van der Waals surface area contributed by atoms with Crippen LogP contribution in [0, 0.1) is 11.3 Å². The highest BCUT2D eigenvalue weighted by Crippen LogP contribution is 2.39. The van der Waals surface area contributed by atoms with Gasteiger partial charge in [-0.2, -0.15) is 18.4 Å². The van der Waals surface area contributed by atoms with Crippen LogP contribution in [0.2, 0.25) is 0 Å². The summed E-state index contributed by atoms with van der Waals surface area (Å²) in [6.45, 7) is 1.81. The minimum atomic E-state index is -4.62. The molecule has 0 spiro atoms. The van der Waals surface area contributed by atoms with Gasteiger partial charge in [-0.05, 0) is 31.2 Å². The Morgan fingerprint density at radius 2 is 2.10 bits per heavy atom. The highest BCUT2D eigenvalue weighted by atomic mass is 19.4. The van der Waals surface area contributed by atoms with E-state index >= 15 is 0 Å². The van der Waals surface area contributed by atoms with Crippen molar-refractivity contribution >= 4 is 16.9 Å². The number of primary amides is 1. The summed E-state index contributed by atoms with van der Waals surface area (Å²) in [5.74, 6) is -0.396. The summed E-state index contributed by atoms with van der Waals surface area (Å²) < 4.78 is 45.4. The molecule has 0 atom stereocenters. The lowest BCUT2D eigenvalue weighted by Crippen LogP contribution is -2.28. The molecular weight excluding hydrogens is 401 g/mol. The second-order valence-corrected chi connectivity index (χ2v) is 6.26. The van der Waals surface area contributed by atoms with E-state index in [0.29, 0.717) is 11.3 Å². The number of nitrogens with one attached hydrogen (secondary N) is 2. The lowest BCUT2D eigenvalue weighted by Gasteiger charge is -2.14. The first-order valence-electron chi connectivity index (χ1n) is 8.86. The number of nitriles is 1. The molecule has 0 saturated carbocycles. The predicted octanol–water partition coefficient (Wildman–Crippen LogP) is 2.49. The first kappa shape index (κ1) is 21.1. The van der Waals surface area contributed by atoms with Gasteiger partial charge in [0.15, 0.2) is 5.69 Å². The zero-order valence-corrected chi connectivity index (χ0v) is 15.8. The quantitative estimate of drug-likeness (QED) is 0.541. The summed E-state index contributed by atoms with van der Waals surface area (Å²) in [5.41, 5.74) is 5.14. The van der Waals surface area contributed by atoms with Crippen LogP contribution >= 0.6 is 0 Å². The Kier molecular flexibility index (Phi) is 5.89. The van der Waals surface area contributed by atoms with Crippen molar-refractivity contribution in [2.24, 2.45) is 5.73 Å². The minimum absolute atomic E-state index is 0.0395.